The summed E-state index contributed by atoms with van der Waals surface area (Å²) >= 11 is 0. The lowest BCUT2D eigenvalue weighted by Crippen LogP contribution is -2.28. The zero-order chi connectivity index (χ0) is 48.9. The highest BCUT2D eigenvalue weighted by Crippen LogP contribution is 2.58. The van der Waals surface area contributed by atoms with Crippen LogP contribution >= 0.6 is 0 Å². The van der Waals surface area contributed by atoms with Crippen molar-refractivity contribution in [2.45, 2.75) is 37.0 Å². The Kier molecular flexibility index (Phi) is 9.66. The van der Waals surface area contributed by atoms with Crippen LogP contribution in [0.4, 0.5) is 17.1 Å². The molecule has 11 aromatic carbocycles. The maximum Gasteiger partial charge on any atom is 0.0714 e. The first-order valence-corrected chi connectivity index (χ1v) is 25.7. The van der Waals surface area contributed by atoms with Crippen LogP contribution in [0.5, 0.6) is 0 Å². The van der Waals surface area contributed by atoms with Gasteiger partial charge in [0.1, 0.15) is 0 Å². The number of nitrogens with zero attached hydrogens (tertiary/aromatic N) is 1. The molecule has 346 valence electrons. The summed E-state index contributed by atoms with van der Waals surface area (Å²) in [6, 6.07) is 99.8. The maximum absolute atomic E-state index is 2.48. The van der Waals surface area contributed by atoms with E-state index < -0.39 is 5.41 Å². The first-order chi connectivity index (χ1) is 35.8. The van der Waals surface area contributed by atoms with Crippen molar-refractivity contribution < 1.29 is 0 Å². The minimum absolute atomic E-state index is 0.121. The van der Waals surface area contributed by atoms with Crippen LogP contribution in [0, 0.1) is 0 Å². The van der Waals surface area contributed by atoms with Crippen LogP contribution in [0.25, 0.3) is 55.6 Å². The molecule has 3 aliphatic carbocycles. The van der Waals surface area contributed by atoms with E-state index in [1.165, 1.54) is 106 Å². The van der Waals surface area contributed by atoms with Crippen LogP contribution in [-0.2, 0) is 16.2 Å². The predicted molar refractivity (Wildman–Crippen MR) is 304 cm³/mol. The standard InChI is InChI=1S/C72H53N/c1-70(2)64-31-16-13-28-60(64)63-30-19-29-57(69(63)70)49-36-41-55(42-37-49)73(56-43-45-62-59-27-15-18-33-66(59)72(68(62)47-56,52-22-9-5-10-23-52)53-24-11-6-12-25-53)54-39-34-48(35-40-54)50-38-44-61-58-26-14-17-32-65(58)71(3,67(61)46-50)51-20-7-4-8-21-51/h4-47H,1-3H3. The molecular formula is C72H53N. The van der Waals surface area contributed by atoms with Gasteiger partial charge < -0.3 is 4.90 Å². The van der Waals surface area contributed by atoms with E-state index in [0.29, 0.717) is 0 Å². The normalized spacial score (nSPS) is 15.9. The number of rotatable bonds is 8. The van der Waals surface area contributed by atoms with Gasteiger partial charge in [-0.15, -0.1) is 0 Å². The first kappa shape index (κ1) is 43.0. The van der Waals surface area contributed by atoms with Crippen molar-refractivity contribution in [1.82, 2.24) is 0 Å². The number of fused-ring (bicyclic) bond motifs is 9. The molecule has 0 spiro atoms. The highest BCUT2D eigenvalue weighted by Gasteiger charge is 2.47. The Hall–Kier alpha value is -8.78. The van der Waals surface area contributed by atoms with Crippen LogP contribution in [0.2, 0.25) is 0 Å². The zero-order valence-corrected chi connectivity index (χ0v) is 41.4. The molecule has 14 rings (SSSR count). The average Bonchev–Trinajstić information content (AvgIpc) is 4.00. The molecule has 73 heavy (non-hydrogen) atoms. The number of hydrogen-bond donors (Lipinski definition) is 0. The van der Waals surface area contributed by atoms with E-state index in [9.17, 15) is 0 Å². The molecule has 0 amide bonds. The molecule has 0 heterocycles. The fourth-order valence-electron chi connectivity index (χ4n) is 13.5. The summed E-state index contributed by atoms with van der Waals surface area (Å²) in [5.74, 6) is 0. The molecule has 0 bridgehead atoms. The molecule has 0 saturated carbocycles. The van der Waals surface area contributed by atoms with Gasteiger partial charge in [-0.25, -0.2) is 0 Å². The fourth-order valence-corrected chi connectivity index (χ4v) is 13.5. The van der Waals surface area contributed by atoms with Crippen molar-refractivity contribution in [3.8, 4) is 55.6 Å². The van der Waals surface area contributed by atoms with Gasteiger partial charge in [-0.3, -0.25) is 0 Å². The second-order valence-electron chi connectivity index (χ2n) is 20.9. The summed E-state index contributed by atoms with van der Waals surface area (Å²) < 4.78 is 0. The third-order valence-corrected chi connectivity index (χ3v) is 16.8. The largest absolute Gasteiger partial charge is 0.310 e. The van der Waals surface area contributed by atoms with Crippen molar-refractivity contribution in [3.63, 3.8) is 0 Å². The van der Waals surface area contributed by atoms with Crippen molar-refractivity contribution >= 4 is 17.1 Å². The maximum atomic E-state index is 2.48. The Labute approximate surface area is 429 Å². The molecule has 1 nitrogen and oxygen atoms in total. The second-order valence-corrected chi connectivity index (χ2v) is 20.9. The van der Waals surface area contributed by atoms with Crippen LogP contribution in [0.15, 0.2) is 267 Å². The number of hydrogen-bond acceptors (Lipinski definition) is 1. The Balaban J connectivity index is 0.924. The Bertz CT molecular complexity index is 3880. The molecular weight excluding hydrogens is 879 g/mol. The molecule has 1 unspecified atom stereocenters. The van der Waals surface area contributed by atoms with Gasteiger partial charge in [0, 0.05) is 27.9 Å². The lowest BCUT2D eigenvalue weighted by Gasteiger charge is -2.35. The highest BCUT2D eigenvalue weighted by atomic mass is 15.1. The van der Waals surface area contributed by atoms with E-state index in [4.69, 9.17) is 0 Å². The van der Waals surface area contributed by atoms with Crippen LogP contribution in [0.1, 0.15) is 70.8 Å². The van der Waals surface area contributed by atoms with E-state index in [2.05, 4.69) is 293 Å². The Morgan fingerprint density at radius 1 is 0.260 bits per heavy atom. The van der Waals surface area contributed by atoms with Crippen LogP contribution in [-0.4, -0.2) is 0 Å². The summed E-state index contributed by atoms with van der Waals surface area (Å²) in [5, 5.41) is 0. The third-order valence-electron chi connectivity index (χ3n) is 16.8. The van der Waals surface area contributed by atoms with Crippen molar-refractivity contribution in [3.05, 3.63) is 317 Å². The van der Waals surface area contributed by atoms with E-state index in [0.717, 1.165) is 17.1 Å². The number of anilines is 3. The van der Waals surface area contributed by atoms with Gasteiger partial charge >= 0.3 is 0 Å². The molecule has 11 aromatic rings. The number of benzene rings is 11. The summed E-state index contributed by atoms with van der Waals surface area (Å²) in [5.41, 5.74) is 27.0. The minimum Gasteiger partial charge on any atom is -0.310 e. The summed E-state index contributed by atoms with van der Waals surface area (Å²) in [4.78, 5) is 2.46. The molecule has 0 aliphatic heterocycles. The average molecular weight is 932 g/mol. The van der Waals surface area contributed by atoms with Crippen molar-refractivity contribution in [2.75, 3.05) is 4.90 Å². The molecule has 0 fully saturated rings. The second kappa shape index (κ2) is 16.4. The smallest absolute Gasteiger partial charge is 0.0714 e. The van der Waals surface area contributed by atoms with E-state index >= 15 is 0 Å². The summed E-state index contributed by atoms with van der Waals surface area (Å²) in [6.07, 6.45) is 0. The topological polar surface area (TPSA) is 3.24 Å². The van der Waals surface area contributed by atoms with Gasteiger partial charge in [0.2, 0.25) is 0 Å². The lowest BCUT2D eigenvalue weighted by molar-refractivity contribution is 0.662. The van der Waals surface area contributed by atoms with E-state index in [-0.39, 0.29) is 10.8 Å². The molecule has 0 aromatic heterocycles. The van der Waals surface area contributed by atoms with Crippen LogP contribution in [0.3, 0.4) is 0 Å². The monoisotopic (exact) mass is 931 g/mol. The Morgan fingerprint density at radius 3 is 1.32 bits per heavy atom. The highest BCUT2D eigenvalue weighted by molar-refractivity contribution is 5.92. The fraction of sp³-hybridized carbons (Fsp3) is 0.0833. The van der Waals surface area contributed by atoms with Crippen molar-refractivity contribution in [1.29, 1.82) is 0 Å². The van der Waals surface area contributed by atoms with Gasteiger partial charge in [0.15, 0.2) is 0 Å². The first-order valence-electron chi connectivity index (χ1n) is 25.7. The minimum atomic E-state index is -0.524. The molecule has 0 N–H and O–H groups in total. The quantitative estimate of drug-likeness (QED) is 0.147. The SMILES string of the molecule is CC1(C)c2ccccc2-c2cccc(-c3ccc(N(c4ccc(-c5ccc6c(c5)C(C)(c5ccccc5)c5ccccc5-6)cc4)c4ccc5c(c4)C(c4ccccc4)(c4ccccc4)c4ccccc4-5)cc3)c21. The van der Waals surface area contributed by atoms with Crippen molar-refractivity contribution in [2.24, 2.45) is 0 Å². The molecule has 1 heteroatoms. The molecule has 0 saturated heterocycles. The van der Waals surface area contributed by atoms with Gasteiger partial charge in [-0.05, 0) is 155 Å². The molecule has 3 aliphatic rings. The summed E-state index contributed by atoms with van der Waals surface area (Å²) in [6.45, 7) is 7.15. The molecule has 0 radical (unpaired) electrons. The van der Waals surface area contributed by atoms with E-state index in [1.54, 1.807) is 0 Å². The molecule has 1 atom stereocenters. The zero-order valence-electron chi connectivity index (χ0n) is 41.4. The van der Waals surface area contributed by atoms with Crippen LogP contribution < -0.4 is 4.90 Å². The Morgan fingerprint density at radius 2 is 0.685 bits per heavy atom. The predicted octanol–water partition coefficient (Wildman–Crippen LogP) is 18.5. The third kappa shape index (κ3) is 6.28. The summed E-state index contributed by atoms with van der Waals surface area (Å²) in [7, 11) is 0. The lowest BCUT2D eigenvalue weighted by atomic mass is 9.67. The van der Waals surface area contributed by atoms with Gasteiger partial charge in [0.05, 0.1) is 5.41 Å². The van der Waals surface area contributed by atoms with Gasteiger partial charge in [-0.2, -0.15) is 0 Å². The van der Waals surface area contributed by atoms with E-state index in [1.807, 2.05) is 0 Å². The van der Waals surface area contributed by atoms with Gasteiger partial charge in [0.25, 0.3) is 0 Å². The van der Waals surface area contributed by atoms with Gasteiger partial charge in [-0.1, -0.05) is 238 Å².